The van der Waals surface area contributed by atoms with E-state index in [1.165, 1.54) is 71.0 Å². The van der Waals surface area contributed by atoms with Crippen LogP contribution in [0, 0.1) is 32.6 Å². The van der Waals surface area contributed by atoms with Crippen LogP contribution >= 0.6 is 0 Å². The van der Waals surface area contributed by atoms with Gasteiger partial charge in [-0.2, -0.15) is 0 Å². The Labute approximate surface area is 826 Å². The molecule has 17 heteroatoms. The average Bonchev–Trinajstić information content (AvgIpc) is 0.806. The number of ketones is 8. The van der Waals surface area contributed by atoms with Crippen LogP contribution in [-0.4, -0.2) is 156 Å². The second-order valence-electron chi connectivity index (χ2n) is 41.8. The van der Waals surface area contributed by atoms with Gasteiger partial charge in [-0.05, 0) is 226 Å². The molecule has 138 heavy (non-hydrogen) atoms. The number of carbonyl (C=O) groups is 8. The van der Waals surface area contributed by atoms with Crippen molar-refractivity contribution in [2.75, 3.05) is 79.2 Å². The Hall–Kier alpha value is -9.24. The Morgan fingerprint density at radius 1 is 0.319 bits per heavy atom. The molecule has 5 N–H and O–H groups in total. The Morgan fingerprint density at radius 2 is 0.674 bits per heavy atom. The van der Waals surface area contributed by atoms with E-state index in [0.717, 1.165) is 267 Å². The van der Waals surface area contributed by atoms with Gasteiger partial charge in [0.2, 0.25) is 0 Å². The van der Waals surface area contributed by atoms with Crippen molar-refractivity contribution in [1.82, 2.24) is 29.8 Å². The van der Waals surface area contributed by atoms with Gasteiger partial charge in [0.1, 0.15) is 44.3 Å². The lowest BCUT2D eigenvalue weighted by Crippen LogP contribution is -2.62. The van der Waals surface area contributed by atoms with Crippen LogP contribution in [0.4, 0.5) is 0 Å². The molecule has 0 spiro atoms. The van der Waals surface area contributed by atoms with Gasteiger partial charge in [-0.25, -0.2) is 0 Å². The topological polar surface area (TPSA) is 226 Å². The number of ether oxygens (including phenoxy) is 1. The first-order valence-electron chi connectivity index (χ1n) is 53.1. The first-order valence-corrected chi connectivity index (χ1v) is 53.1. The average molecular weight is 1870 g/mol. The standard InChI is InChI=1S/C17H23NO.C16H21NO2.2C16H21NO.C16H23NO.C14H19NO.2C13H17NO/c1-14-10-12-18(13-14)17(11-6-5-9-16(17)19)15-7-3-2-4-8-15;18-15-8-4-5-9-16(15,14-6-2-1-3-7-14)17-10-12-19-13-11-17;1-13-10-12-17(13)16(11-6-5-9-15(16)18)14-7-3-2-4-8-14;1-13-11-17(12-13)16(10-6-5-9-15(16)18)14-7-3-2-4-8-14;1-3-17(4-2)16(13-9-8-12-15(16)18)14-10-6-5-7-11-14;1-11-6-8-12(9-7-11)14(15-2)10-4-3-5-13(14)16;1-10-5-4-6-11(9-10)13(14)8-3-2-7-12(13)15;1-10-5-7-11(8-6-10)13(14)9-3-2-4-12(13)15/h2-4,7-8,14H,5-6,9-13H2,1H3;1-3,6-7H,4-5,8-13H2;2*2-4,7-8,13H,5-6,9-12H2,1H3;5-7,10-11H,3-4,8-9,12-13H2,1-2H3;6-9,15H,3-5,10H2,1-2H3;4-6,9H,2-3,7-8,14H2,1H3;5-8H,2-4,9,14H2,1H3/t14?,17-;16-;13?,16-;2*16-;14-;2*13-/m00000000/s1. The molecule has 20 rings (SSSR count). The number of nitrogens with one attached hydrogen (secondary N) is 1. The number of likely N-dealkylation sites (tertiary alicyclic amines) is 3. The zero-order valence-electron chi connectivity index (χ0n) is 85.0. The number of nitrogens with two attached hydrogens (primary N) is 2. The molecule has 8 aliphatic carbocycles. The van der Waals surface area contributed by atoms with Gasteiger partial charge in [-0.15, -0.1) is 0 Å². The Balaban J connectivity index is 0.000000133. The summed E-state index contributed by atoms with van der Waals surface area (Å²) in [6.07, 6.45) is 32.9. The lowest BCUT2D eigenvalue weighted by atomic mass is 9.72. The van der Waals surface area contributed by atoms with Gasteiger partial charge in [-0.3, -0.25) is 62.9 Å². The first-order chi connectivity index (χ1) is 66.7. The van der Waals surface area contributed by atoms with Gasteiger partial charge in [0.15, 0.2) is 46.3 Å². The van der Waals surface area contributed by atoms with Gasteiger partial charge in [0.05, 0.1) is 13.2 Å². The molecule has 4 saturated heterocycles. The maximum atomic E-state index is 12.8. The summed E-state index contributed by atoms with van der Waals surface area (Å²) in [4.78, 5) is 111. The van der Waals surface area contributed by atoms with E-state index in [1.807, 2.05) is 124 Å². The summed E-state index contributed by atoms with van der Waals surface area (Å²) >= 11 is 0. The summed E-state index contributed by atoms with van der Waals surface area (Å²) in [6, 6.07) is 76.8. The largest absolute Gasteiger partial charge is 0.379 e. The maximum Gasteiger partial charge on any atom is 0.157 e. The first kappa shape index (κ1) is 106. The van der Waals surface area contributed by atoms with E-state index >= 15 is 0 Å². The van der Waals surface area contributed by atoms with Crippen molar-refractivity contribution in [2.45, 2.75) is 324 Å². The minimum absolute atomic E-state index is 0.192. The van der Waals surface area contributed by atoms with Crippen molar-refractivity contribution in [3.8, 4) is 0 Å². The zero-order chi connectivity index (χ0) is 98.0. The molecule has 8 aromatic carbocycles. The van der Waals surface area contributed by atoms with Gasteiger partial charge in [0.25, 0.3) is 0 Å². The number of morpholine rings is 1. The maximum absolute atomic E-state index is 12.8. The van der Waals surface area contributed by atoms with Gasteiger partial charge in [0, 0.05) is 96.7 Å². The van der Waals surface area contributed by atoms with Crippen molar-refractivity contribution < 1.29 is 43.1 Å². The number of carbonyl (C=O) groups excluding carboxylic acids is 8. The van der Waals surface area contributed by atoms with E-state index < -0.39 is 16.6 Å². The SMILES string of the molecule is CC1CCN([C@]2(c3ccccc3)CCCCC2=O)C1.CC1CCN1[C@]1(c2ccccc2)CCCCC1=O.CC1CN([C@]2(c3ccccc3)CCCCC2=O)C1.CCN(CC)[C@]1(c2ccccc2)CCCCC1=O.CN[C@]1(c2ccc(C)cc2)CCCCC1=O.Cc1ccc([C@@]2(N)CCCCC2=O)cc1.Cc1cccc([C@@]2(N)CCCCC2=O)c1.O=C1CCCC[C@@]1(c1ccccc1)N1CCOCC1. The third kappa shape index (κ3) is 23.6. The monoisotopic (exact) mass is 1870 g/mol. The minimum atomic E-state index is -0.718. The molecule has 8 aromatic rings. The molecular weight excluding hydrogens is 1710 g/mol. The quantitative estimate of drug-likeness (QED) is 0.0817. The van der Waals surface area contributed by atoms with Gasteiger partial charge in [-0.1, -0.05) is 320 Å². The molecule has 10 atom stereocenters. The van der Waals surface area contributed by atoms with Crippen LogP contribution in [0.5, 0.6) is 0 Å². The highest BCUT2D eigenvalue weighted by Gasteiger charge is 2.54. The molecule has 740 valence electrons. The lowest BCUT2D eigenvalue weighted by molar-refractivity contribution is -0.143. The van der Waals surface area contributed by atoms with Crippen molar-refractivity contribution in [3.05, 3.63) is 286 Å². The zero-order valence-corrected chi connectivity index (χ0v) is 85.0. The van der Waals surface area contributed by atoms with Crippen LogP contribution in [0.15, 0.2) is 224 Å². The predicted octanol–water partition coefficient (Wildman–Crippen LogP) is 22.3. The summed E-state index contributed by atoms with van der Waals surface area (Å²) in [5.74, 6) is 4.30. The van der Waals surface area contributed by atoms with E-state index in [0.29, 0.717) is 66.4 Å². The molecule has 17 nitrogen and oxygen atoms in total. The smallest absolute Gasteiger partial charge is 0.157 e. The van der Waals surface area contributed by atoms with E-state index in [4.69, 9.17) is 16.2 Å². The number of hydrogen-bond donors (Lipinski definition) is 3. The molecule has 0 aromatic heterocycles. The fourth-order valence-corrected chi connectivity index (χ4v) is 24.8. The number of rotatable bonds is 16. The second-order valence-corrected chi connectivity index (χ2v) is 41.8. The van der Waals surface area contributed by atoms with Crippen LogP contribution in [-0.2, 0) is 87.4 Å². The summed E-state index contributed by atoms with van der Waals surface area (Å²) in [5, 5.41) is 3.25. The summed E-state index contributed by atoms with van der Waals surface area (Å²) in [6.45, 7) is 27.6. The molecule has 0 amide bonds. The van der Waals surface area contributed by atoms with Crippen LogP contribution in [0.25, 0.3) is 0 Å². The highest BCUT2D eigenvalue weighted by atomic mass is 16.5. The second kappa shape index (κ2) is 49.4. The summed E-state index contributed by atoms with van der Waals surface area (Å²) < 4.78 is 5.45. The lowest BCUT2D eigenvalue weighted by Gasteiger charge is -2.53. The molecule has 8 saturated carbocycles. The Kier molecular flexibility index (Phi) is 38.0. The molecule has 0 bridgehead atoms. The predicted molar refractivity (Wildman–Crippen MR) is 557 cm³/mol. The minimum Gasteiger partial charge on any atom is -0.379 e. The number of aryl methyl sites for hydroxylation is 3. The molecule has 4 aliphatic heterocycles. The van der Waals surface area contributed by atoms with Gasteiger partial charge < -0.3 is 21.5 Å². The van der Waals surface area contributed by atoms with Crippen LogP contribution in [0.2, 0.25) is 0 Å². The molecular formula is C121H162N8O9. The Morgan fingerprint density at radius 3 is 1.04 bits per heavy atom. The van der Waals surface area contributed by atoms with E-state index in [-0.39, 0.29) is 39.3 Å². The van der Waals surface area contributed by atoms with E-state index in [1.54, 1.807) is 0 Å². The Bertz CT molecular complexity index is 5120. The van der Waals surface area contributed by atoms with Crippen molar-refractivity contribution in [3.63, 3.8) is 0 Å². The van der Waals surface area contributed by atoms with Crippen molar-refractivity contribution in [2.24, 2.45) is 23.3 Å². The number of nitrogens with zero attached hydrogens (tertiary/aromatic N) is 5. The van der Waals surface area contributed by atoms with Gasteiger partial charge >= 0.3 is 0 Å². The number of hydrogen-bond acceptors (Lipinski definition) is 17. The molecule has 12 fully saturated rings. The molecule has 12 aliphatic rings. The highest BCUT2D eigenvalue weighted by Crippen LogP contribution is 2.49. The van der Waals surface area contributed by atoms with Crippen LogP contribution in [0.1, 0.15) is 314 Å². The third-order valence-corrected chi connectivity index (χ3v) is 33.0. The molecule has 2 unspecified atom stereocenters. The molecule has 0 radical (unpaired) electrons. The fourth-order valence-electron chi connectivity index (χ4n) is 24.8. The number of likely N-dealkylation sites (N-methyl/N-ethyl adjacent to an activating group) is 2. The highest BCUT2D eigenvalue weighted by molar-refractivity contribution is 5.95. The van der Waals surface area contributed by atoms with Crippen LogP contribution < -0.4 is 16.8 Å². The van der Waals surface area contributed by atoms with E-state index in [9.17, 15) is 38.4 Å². The number of benzene rings is 8. The van der Waals surface area contributed by atoms with Crippen LogP contribution in [0.3, 0.4) is 0 Å². The summed E-state index contributed by atoms with van der Waals surface area (Å²) in [5.41, 5.74) is 21.6. The third-order valence-electron chi connectivity index (χ3n) is 33.0. The van der Waals surface area contributed by atoms with E-state index in [2.05, 4.69) is 193 Å². The van der Waals surface area contributed by atoms with Crippen molar-refractivity contribution in [1.29, 1.82) is 0 Å². The fraction of sp³-hybridized carbons (Fsp3) is 0.537. The normalized spacial score (nSPS) is 28.8. The van der Waals surface area contributed by atoms with Crippen molar-refractivity contribution >= 4 is 46.3 Å². The number of Topliss-reactive ketones (excluding diaryl/α,β-unsaturated/α-hetero) is 8. The molecule has 4 heterocycles. The summed E-state index contributed by atoms with van der Waals surface area (Å²) in [7, 11) is 1.89.